The molecule has 0 aliphatic carbocycles. The second-order valence-electron chi connectivity index (χ2n) is 4.19. The lowest BCUT2D eigenvalue weighted by Gasteiger charge is -2.04. The molecule has 0 amide bonds. The van der Waals surface area contributed by atoms with Crippen LogP contribution in [0.25, 0.3) is 11.0 Å². The van der Waals surface area contributed by atoms with Crippen LogP contribution in [0.2, 0.25) is 5.02 Å². The molecular weight excluding hydrogens is 326 g/mol. The van der Waals surface area contributed by atoms with E-state index in [0.717, 1.165) is 32.0 Å². The van der Waals surface area contributed by atoms with Gasteiger partial charge in [0, 0.05) is 16.0 Å². The van der Waals surface area contributed by atoms with Crippen LogP contribution >= 0.6 is 27.5 Å². The summed E-state index contributed by atoms with van der Waals surface area (Å²) in [4.78, 5) is 7.70. The molecule has 0 aliphatic heterocycles. The number of imidazole rings is 1. The zero-order valence-corrected chi connectivity index (χ0v) is 12.3. The normalized spacial score (nSPS) is 10.8. The lowest BCUT2D eigenvalue weighted by molar-refractivity contribution is 1.10. The SMILES string of the molecule is Clc1ccccc1CNc1nc2ccc(Br)cc2[nH]1. The van der Waals surface area contributed by atoms with Crippen molar-refractivity contribution in [3.05, 3.63) is 57.5 Å². The summed E-state index contributed by atoms with van der Waals surface area (Å²) in [6.45, 7) is 0.640. The van der Waals surface area contributed by atoms with E-state index in [0.29, 0.717) is 6.54 Å². The van der Waals surface area contributed by atoms with Crippen molar-refractivity contribution in [1.29, 1.82) is 0 Å². The number of nitrogens with zero attached hydrogens (tertiary/aromatic N) is 1. The van der Waals surface area contributed by atoms with Gasteiger partial charge in [0.15, 0.2) is 0 Å². The summed E-state index contributed by atoms with van der Waals surface area (Å²) in [6.07, 6.45) is 0. The third-order valence-corrected chi connectivity index (χ3v) is 3.71. The molecule has 3 aromatic rings. The summed E-state index contributed by atoms with van der Waals surface area (Å²) in [5.74, 6) is 0.744. The molecule has 0 unspecified atom stereocenters. The van der Waals surface area contributed by atoms with E-state index < -0.39 is 0 Å². The fraction of sp³-hybridized carbons (Fsp3) is 0.0714. The third-order valence-electron chi connectivity index (χ3n) is 2.85. The number of H-pyrrole nitrogens is 1. The first-order chi connectivity index (χ1) is 9.22. The molecule has 2 aromatic carbocycles. The van der Waals surface area contributed by atoms with Gasteiger partial charge < -0.3 is 10.3 Å². The zero-order chi connectivity index (χ0) is 13.2. The van der Waals surface area contributed by atoms with Crippen LogP contribution in [0.5, 0.6) is 0 Å². The molecule has 0 saturated carbocycles. The summed E-state index contributed by atoms with van der Waals surface area (Å²) < 4.78 is 1.03. The molecule has 2 N–H and O–H groups in total. The van der Waals surface area contributed by atoms with Gasteiger partial charge in [-0.3, -0.25) is 0 Å². The maximum absolute atomic E-state index is 6.11. The number of halogens is 2. The number of aromatic amines is 1. The highest BCUT2D eigenvalue weighted by Gasteiger charge is 2.04. The van der Waals surface area contributed by atoms with Crippen molar-refractivity contribution in [3.8, 4) is 0 Å². The molecule has 1 heterocycles. The average molecular weight is 337 g/mol. The third kappa shape index (κ3) is 2.74. The molecule has 0 aliphatic rings. The van der Waals surface area contributed by atoms with E-state index in [1.54, 1.807) is 0 Å². The monoisotopic (exact) mass is 335 g/mol. The number of nitrogens with one attached hydrogen (secondary N) is 2. The van der Waals surface area contributed by atoms with E-state index in [4.69, 9.17) is 11.6 Å². The average Bonchev–Trinajstić information content (AvgIpc) is 2.79. The Bertz CT molecular complexity index is 724. The van der Waals surface area contributed by atoms with E-state index in [-0.39, 0.29) is 0 Å². The van der Waals surface area contributed by atoms with Gasteiger partial charge >= 0.3 is 0 Å². The molecule has 0 bridgehead atoms. The van der Waals surface area contributed by atoms with Crippen molar-refractivity contribution >= 4 is 44.5 Å². The molecule has 96 valence electrons. The topological polar surface area (TPSA) is 40.7 Å². The Hall–Kier alpha value is -1.52. The quantitative estimate of drug-likeness (QED) is 0.734. The molecule has 1 aromatic heterocycles. The van der Waals surface area contributed by atoms with Crippen LogP contribution in [-0.2, 0) is 6.54 Å². The van der Waals surface area contributed by atoms with Gasteiger partial charge in [-0.05, 0) is 29.8 Å². The van der Waals surface area contributed by atoms with Crippen LogP contribution in [-0.4, -0.2) is 9.97 Å². The lowest BCUT2D eigenvalue weighted by Crippen LogP contribution is -2.01. The van der Waals surface area contributed by atoms with Gasteiger partial charge in [-0.2, -0.15) is 0 Å². The fourth-order valence-corrected chi connectivity index (χ4v) is 2.45. The maximum atomic E-state index is 6.11. The summed E-state index contributed by atoms with van der Waals surface area (Å²) in [5.41, 5.74) is 2.98. The molecule has 5 heteroatoms. The zero-order valence-electron chi connectivity index (χ0n) is 9.95. The highest BCUT2D eigenvalue weighted by Crippen LogP contribution is 2.20. The number of hydrogen-bond donors (Lipinski definition) is 2. The Morgan fingerprint density at radius 3 is 2.89 bits per heavy atom. The number of fused-ring (bicyclic) bond motifs is 1. The number of rotatable bonds is 3. The Kier molecular flexibility index (Phi) is 3.44. The van der Waals surface area contributed by atoms with Gasteiger partial charge in [0.05, 0.1) is 11.0 Å². The number of hydrogen-bond acceptors (Lipinski definition) is 2. The molecule has 19 heavy (non-hydrogen) atoms. The van der Waals surface area contributed by atoms with Crippen LogP contribution in [0, 0.1) is 0 Å². The largest absolute Gasteiger partial charge is 0.352 e. The van der Waals surface area contributed by atoms with Gasteiger partial charge in [-0.1, -0.05) is 45.7 Å². The van der Waals surface area contributed by atoms with Gasteiger partial charge in [-0.15, -0.1) is 0 Å². The van der Waals surface area contributed by atoms with E-state index in [9.17, 15) is 0 Å². The summed E-state index contributed by atoms with van der Waals surface area (Å²) in [7, 11) is 0. The molecule has 3 rings (SSSR count). The van der Waals surface area contributed by atoms with Crippen LogP contribution < -0.4 is 5.32 Å². The molecule has 0 fully saturated rings. The second-order valence-corrected chi connectivity index (χ2v) is 5.51. The molecule has 0 radical (unpaired) electrons. The molecular formula is C14H11BrClN3. The van der Waals surface area contributed by atoms with Crippen LogP contribution in [0.4, 0.5) is 5.95 Å². The van der Waals surface area contributed by atoms with Crippen LogP contribution in [0.3, 0.4) is 0 Å². The van der Waals surface area contributed by atoms with Gasteiger partial charge in [0.2, 0.25) is 5.95 Å². The number of anilines is 1. The van der Waals surface area contributed by atoms with Crippen molar-refractivity contribution in [2.45, 2.75) is 6.54 Å². The second kappa shape index (κ2) is 5.23. The van der Waals surface area contributed by atoms with E-state index in [1.165, 1.54) is 0 Å². The minimum Gasteiger partial charge on any atom is -0.352 e. The predicted octanol–water partition coefficient (Wildman–Crippen LogP) is 4.59. The molecule has 3 nitrogen and oxygen atoms in total. The summed E-state index contributed by atoms with van der Waals surface area (Å²) >= 11 is 9.55. The minimum absolute atomic E-state index is 0.640. The van der Waals surface area contributed by atoms with Crippen molar-refractivity contribution in [2.24, 2.45) is 0 Å². The smallest absolute Gasteiger partial charge is 0.201 e. The van der Waals surface area contributed by atoms with Gasteiger partial charge in [-0.25, -0.2) is 4.98 Å². The Morgan fingerprint density at radius 2 is 2.05 bits per heavy atom. The van der Waals surface area contributed by atoms with Gasteiger partial charge in [0.25, 0.3) is 0 Å². The van der Waals surface area contributed by atoms with Crippen molar-refractivity contribution in [1.82, 2.24) is 9.97 Å². The number of benzene rings is 2. The van der Waals surface area contributed by atoms with E-state index in [2.05, 4.69) is 31.2 Å². The van der Waals surface area contributed by atoms with Gasteiger partial charge in [0.1, 0.15) is 0 Å². The first-order valence-corrected chi connectivity index (χ1v) is 7.02. The van der Waals surface area contributed by atoms with E-state index in [1.807, 2.05) is 42.5 Å². The van der Waals surface area contributed by atoms with Crippen molar-refractivity contribution in [3.63, 3.8) is 0 Å². The first-order valence-electron chi connectivity index (χ1n) is 5.85. The molecule has 0 spiro atoms. The highest BCUT2D eigenvalue weighted by molar-refractivity contribution is 9.10. The summed E-state index contributed by atoms with van der Waals surface area (Å²) in [5, 5.41) is 4.00. The maximum Gasteiger partial charge on any atom is 0.201 e. The van der Waals surface area contributed by atoms with Crippen LogP contribution in [0.15, 0.2) is 46.9 Å². The Labute approximate surface area is 124 Å². The molecule has 0 atom stereocenters. The van der Waals surface area contributed by atoms with Crippen LogP contribution in [0.1, 0.15) is 5.56 Å². The minimum atomic E-state index is 0.640. The molecule has 0 saturated heterocycles. The Morgan fingerprint density at radius 1 is 1.21 bits per heavy atom. The predicted molar refractivity (Wildman–Crippen MR) is 82.6 cm³/mol. The van der Waals surface area contributed by atoms with Crippen molar-refractivity contribution < 1.29 is 0 Å². The Balaban J connectivity index is 1.80. The van der Waals surface area contributed by atoms with Crippen molar-refractivity contribution in [2.75, 3.05) is 5.32 Å². The first kappa shape index (κ1) is 12.5. The standard InChI is InChI=1S/C14H11BrClN3/c15-10-5-6-12-13(7-10)19-14(18-12)17-8-9-3-1-2-4-11(9)16/h1-7H,8H2,(H2,17,18,19). The lowest BCUT2D eigenvalue weighted by atomic mass is 10.2. The van der Waals surface area contributed by atoms with E-state index >= 15 is 0 Å². The summed E-state index contributed by atoms with van der Waals surface area (Å²) in [6, 6.07) is 13.7. The number of aromatic nitrogens is 2. The highest BCUT2D eigenvalue weighted by atomic mass is 79.9. The fourth-order valence-electron chi connectivity index (χ4n) is 1.89.